The highest BCUT2D eigenvalue weighted by molar-refractivity contribution is 7.89. The third kappa shape index (κ3) is 4.46. The average Bonchev–Trinajstić information content (AvgIpc) is 2.48. The summed E-state index contributed by atoms with van der Waals surface area (Å²) < 4.78 is 31.8. The number of nitrogens with zero attached hydrogens (tertiary/aromatic N) is 2. The molecule has 21 heavy (non-hydrogen) atoms. The summed E-state index contributed by atoms with van der Waals surface area (Å²) in [5.74, 6) is 0. The largest absolute Gasteiger partial charge is 0.379 e. The Morgan fingerprint density at radius 3 is 2.71 bits per heavy atom. The number of sulfonamides is 1. The van der Waals surface area contributed by atoms with Crippen LogP contribution in [0.2, 0.25) is 0 Å². The number of nitro groups is 1. The predicted octanol–water partition coefficient (Wildman–Crippen LogP) is 0.205. The Labute approximate surface area is 122 Å². The van der Waals surface area contributed by atoms with Crippen LogP contribution in [0.4, 0.5) is 5.69 Å². The molecule has 0 spiro atoms. The first-order chi connectivity index (χ1) is 9.99. The second kappa shape index (κ2) is 6.94. The predicted molar refractivity (Wildman–Crippen MR) is 75.5 cm³/mol. The van der Waals surface area contributed by atoms with Gasteiger partial charge in [-0.2, -0.15) is 0 Å². The van der Waals surface area contributed by atoms with Crippen LogP contribution < -0.4 is 4.72 Å². The van der Waals surface area contributed by atoms with E-state index >= 15 is 0 Å². The topological polar surface area (TPSA) is 102 Å². The molecule has 1 aromatic rings. The molecule has 1 aliphatic rings. The molecule has 1 aromatic carbocycles. The van der Waals surface area contributed by atoms with Gasteiger partial charge in [0.25, 0.3) is 5.69 Å². The molecule has 2 rings (SSSR count). The highest BCUT2D eigenvalue weighted by atomic mass is 32.2. The van der Waals surface area contributed by atoms with Gasteiger partial charge in [0.1, 0.15) is 0 Å². The van der Waals surface area contributed by atoms with Crippen LogP contribution in [0, 0.1) is 10.1 Å². The first-order valence-corrected chi connectivity index (χ1v) is 8.01. The smallest absolute Gasteiger partial charge is 0.270 e. The Kier molecular flexibility index (Phi) is 5.23. The fourth-order valence-electron chi connectivity index (χ4n) is 2.01. The number of benzene rings is 1. The zero-order chi connectivity index (χ0) is 15.3. The molecular formula is C12H17N3O5S. The third-order valence-corrected chi connectivity index (χ3v) is 4.62. The lowest BCUT2D eigenvalue weighted by Gasteiger charge is -2.26. The lowest BCUT2D eigenvalue weighted by Crippen LogP contribution is -2.41. The molecule has 0 bridgehead atoms. The summed E-state index contributed by atoms with van der Waals surface area (Å²) in [6.07, 6.45) is 0. The van der Waals surface area contributed by atoms with Gasteiger partial charge in [-0.3, -0.25) is 15.0 Å². The maximum absolute atomic E-state index is 12.1. The van der Waals surface area contributed by atoms with Crippen LogP contribution in [0.5, 0.6) is 0 Å². The van der Waals surface area contributed by atoms with Gasteiger partial charge < -0.3 is 4.74 Å². The van der Waals surface area contributed by atoms with Crippen LogP contribution in [-0.4, -0.2) is 57.6 Å². The van der Waals surface area contributed by atoms with Crippen molar-refractivity contribution < 1.29 is 18.1 Å². The monoisotopic (exact) mass is 315 g/mol. The van der Waals surface area contributed by atoms with Crippen molar-refractivity contribution in [2.45, 2.75) is 4.90 Å². The summed E-state index contributed by atoms with van der Waals surface area (Å²) in [5, 5.41) is 10.7. The minimum Gasteiger partial charge on any atom is -0.379 e. The van der Waals surface area contributed by atoms with Crippen molar-refractivity contribution in [1.82, 2.24) is 9.62 Å². The molecule has 1 heterocycles. The van der Waals surface area contributed by atoms with E-state index in [1.54, 1.807) is 0 Å². The number of rotatable bonds is 6. The average molecular weight is 315 g/mol. The van der Waals surface area contributed by atoms with Gasteiger partial charge in [0.05, 0.1) is 23.0 Å². The van der Waals surface area contributed by atoms with E-state index in [0.29, 0.717) is 19.8 Å². The summed E-state index contributed by atoms with van der Waals surface area (Å²) in [6.45, 7) is 3.69. The van der Waals surface area contributed by atoms with Crippen LogP contribution in [0.3, 0.4) is 0 Å². The molecular weight excluding hydrogens is 298 g/mol. The molecule has 8 nitrogen and oxygen atoms in total. The van der Waals surface area contributed by atoms with E-state index in [-0.39, 0.29) is 17.1 Å². The van der Waals surface area contributed by atoms with Crippen LogP contribution >= 0.6 is 0 Å². The molecule has 1 fully saturated rings. The number of nitro benzene ring substituents is 1. The molecule has 0 saturated carbocycles. The van der Waals surface area contributed by atoms with Gasteiger partial charge in [0.2, 0.25) is 10.0 Å². The summed E-state index contributed by atoms with van der Waals surface area (Å²) in [5.41, 5.74) is -0.244. The molecule has 0 radical (unpaired) electrons. The highest BCUT2D eigenvalue weighted by Crippen LogP contribution is 2.16. The van der Waals surface area contributed by atoms with Gasteiger partial charge in [-0.15, -0.1) is 0 Å². The number of hydrogen-bond donors (Lipinski definition) is 1. The van der Waals surface area contributed by atoms with Crippen LogP contribution in [0.1, 0.15) is 0 Å². The van der Waals surface area contributed by atoms with Gasteiger partial charge in [0.15, 0.2) is 0 Å². The lowest BCUT2D eigenvalue weighted by atomic mass is 10.3. The Hall–Kier alpha value is -1.55. The molecule has 0 atom stereocenters. The number of nitrogens with one attached hydrogen (secondary N) is 1. The Morgan fingerprint density at radius 2 is 2.05 bits per heavy atom. The van der Waals surface area contributed by atoms with E-state index in [4.69, 9.17) is 4.74 Å². The Balaban J connectivity index is 1.94. The van der Waals surface area contributed by atoms with Gasteiger partial charge >= 0.3 is 0 Å². The van der Waals surface area contributed by atoms with Crippen LogP contribution in [-0.2, 0) is 14.8 Å². The van der Waals surface area contributed by atoms with E-state index in [0.717, 1.165) is 19.2 Å². The van der Waals surface area contributed by atoms with E-state index in [9.17, 15) is 18.5 Å². The van der Waals surface area contributed by atoms with Crippen molar-refractivity contribution in [2.75, 3.05) is 39.4 Å². The second-order valence-electron chi connectivity index (χ2n) is 4.61. The standard InChI is InChI=1S/C12H17N3O5S/c16-15(17)11-2-1-3-12(10-11)21(18,19)13-4-5-14-6-8-20-9-7-14/h1-3,10,13H,4-9H2. The van der Waals surface area contributed by atoms with E-state index < -0.39 is 14.9 Å². The molecule has 0 amide bonds. The summed E-state index contributed by atoms with van der Waals surface area (Å²) in [4.78, 5) is 12.1. The van der Waals surface area contributed by atoms with Crippen molar-refractivity contribution in [3.63, 3.8) is 0 Å². The second-order valence-corrected chi connectivity index (χ2v) is 6.37. The highest BCUT2D eigenvalue weighted by Gasteiger charge is 2.18. The van der Waals surface area contributed by atoms with E-state index in [2.05, 4.69) is 9.62 Å². The minimum absolute atomic E-state index is 0.0984. The first kappa shape index (κ1) is 15.8. The summed E-state index contributed by atoms with van der Waals surface area (Å²) in [7, 11) is -3.73. The Bertz CT molecular complexity index is 599. The normalized spacial score (nSPS) is 16.8. The van der Waals surface area contributed by atoms with Crippen molar-refractivity contribution in [3.05, 3.63) is 34.4 Å². The van der Waals surface area contributed by atoms with Gasteiger partial charge in [-0.25, -0.2) is 13.1 Å². The molecule has 1 aliphatic heterocycles. The van der Waals surface area contributed by atoms with Crippen LogP contribution in [0.15, 0.2) is 29.2 Å². The minimum atomic E-state index is -3.73. The van der Waals surface area contributed by atoms with Gasteiger partial charge in [0, 0.05) is 38.3 Å². The molecule has 116 valence electrons. The quantitative estimate of drug-likeness (QED) is 0.594. The zero-order valence-electron chi connectivity index (χ0n) is 11.4. The fourth-order valence-corrected chi connectivity index (χ4v) is 3.07. The zero-order valence-corrected chi connectivity index (χ0v) is 12.2. The lowest BCUT2D eigenvalue weighted by molar-refractivity contribution is -0.385. The first-order valence-electron chi connectivity index (χ1n) is 6.53. The maximum Gasteiger partial charge on any atom is 0.270 e. The van der Waals surface area contributed by atoms with Gasteiger partial charge in [-0.05, 0) is 6.07 Å². The van der Waals surface area contributed by atoms with Crippen molar-refractivity contribution in [1.29, 1.82) is 0 Å². The molecule has 9 heteroatoms. The van der Waals surface area contributed by atoms with Crippen LogP contribution in [0.25, 0.3) is 0 Å². The van der Waals surface area contributed by atoms with Crippen molar-refractivity contribution >= 4 is 15.7 Å². The fraction of sp³-hybridized carbons (Fsp3) is 0.500. The molecule has 1 N–H and O–H groups in total. The number of non-ortho nitro benzene ring substituents is 1. The molecule has 0 unspecified atom stereocenters. The third-order valence-electron chi connectivity index (χ3n) is 3.16. The molecule has 1 saturated heterocycles. The summed E-state index contributed by atoms with van der Waals surface area (Å²) >= 11 is 0. The number of morpholine rings is 1. The van der Waals surface area contributed by atoms with Crippen molar-refractivity contribution in [3.8, 4) is 0 Å². The SMILES string of the molecule is O=[N+]([O-])c1cccc(S(=O)(=O)NCCN2CCOCC2)c1. The molecule has 0 aromatic heterocycles. The van der Waals surface area contributed by atoms with E-state index in [1.807, 2.05) is 0 Å². The number of ether oxygens (including phenoxy) is 1. The Morgan fingerprint density at radius 1 is 1.33 bits per heavy atom. The molecule has 0 aliphatic carbocycles. The number of hydrogen-bond acceptors (Lipinski definition) is 6. The van der Waals surface area contributed by atoms with Gasteiger partial charge in [-0.1, -0.05) is 6.07 Å². The summed E-state index contributed by atoms with van der Waals surface area (Å²) in [6, 6.07) is 5.00. The van der Waals surface area contributed by atoms with Crippen molar-refractivity contribution in [2.24, 2.45) is 0 Å². The van der Waals surface area contributed by atoms with E-state index in [1.165, 1.54) is 18.2 Å². The maximum atomic E-state index is 12.1.